The number of esters is 1. The number of nitrogens with one attached hydrogen (secondary N) is 1. The highest BCUT2D eigenvalue weighted by molar-refractivity contribution is 7.47. The van der Waals surface area contributed by atoms with Gasteiger partial charge in [0.25, 0.3) is 0 Å². The SMILES string of the molecule is CC/C=C\C/C=C\C/C=C\C/C=C\C/C=C\C/C=C\CCCCC(=O)OC(/C=C/CCCCCCCCCCC)C(COP(=O)(O)OCC[N+](C)(C)C)NC(=O)CC/C=C\C/C=C\C/C=C\C/C=C\C/C=C\C/C=C\CC. The fraction of sp³-hybridized carbons (Fsp3) is 0.582. The minimum atomic E-state index is -4.49. The minimum absolute atomic E-state index is 0.00981. The van der Waals surface area contributed by atoms with Crippen molar-refractivity contribution in [2.24, 2.45) is 0 Å². The van der Waals surface area contributed by atoms with E-state index in [0.29, 0.717) is 23.9 Å². The quantitative estimate of drug-likeness (QED) is 0.0205. The third kappa shape index (κ3) is 56.2. The second kappa shape index (κ2) is 55.0. The molecule has 0 saturated heterocycles. The number of likely N-dealkylation sites (N-methyl/N-ethyl adjacent to an activating group) is 1. The van der Waals surface area contributed by atoms with Gasteiger partial charge < -0.3 is 19.4 Å². The number of hydrogen-bond donors (Lipinski definition) is 2. The molecule has 0 aromatic heterocycles. The fourth-order valence-electron chi connectivity index (χ4n) is 7.43. The van der Waals surface area contributed by atoms with E-state index in [1.807, 2.05) is 39.4 Å². The highest BCUT2D eigenvalue weighted by atomic mass is 31.2. The van der Waals surface area contributed by atoms with E-state index in [2.05, 4.69) is 160 Å². The lowest BCUT2D eigenvalue weighted by Gasteiger charge is -2.27. The Kier molecular flexibility index (Phi) is 51.8. The van der Waals surface area contributed by atoms with Crippen LogP contribution in [0.2, 0.25) is 0 Å². The predicted octanol–water partition coefficient (Wildman–Crippen LogP) is 18.4. The monoisotopic (exact) mass is 1090 g/mol. The van der Waals surface area contributed by atoms with Gasteiger partial charge in [0.05, 0.1) is 33.8 Å². The molecule has 0 rings (SSSR count). The Balaban J connectivity index is 5.48. The fourth-order valence-corrected chi connectivity index (χ4v) is 8.17. The van der Waals surface area contributed by atoms with Crippen molar-refractivity contribution >= 4 is 19.7 Å². The van der Waals surface area contributed by atoms with E-state index in [1.54, 1.807) is 6.08 Å². The lowest BCUT2D eigenvalue weighted by Crippen LogP contribution is -2.47. The summed E-state index contributed by atoms with van der Waals surface area (Å²) in [6, 6.07) is -0.919. The molecule has 0 radical (unpaired) electrons. The van der Waals surface area contributed by atoms with Crippen LogP contribution in [0.1, 0.15) is 201 Å². The van der Waals surface area contributed by atoms with Crippen LogP contribution in [0.25, 0.3) is 0 Å². The Hall–Kier alpha value is -4.37. The summed E-state index contributed by atoms with van der Waals surface area (Å²) in [5.41, 5.74) is 0. The Morgan fingerprint density at radius 2 is 0.844 bits per heavy atom. The Morgan fingerprint density at radius 1 is 0.468 bits per heavy atom. The van der Waals surface area contributed by atoms with Gasteiger partial charge in [-0.25, -0.2) is 4.57 Å². The summed E-state index contributed by atoms with van der Waals surface area (Å²) in [5, 5.41) is 2.98. The molecule has 3 unspecified atom stereocenters. The summed E-state index contributed by atoms with van der Waals surface area (Å²) in [5.74, 6) is -0.671. The number of carbonyl (C=O) groups is 2. The van der Waals surface area contributed by atoms with Crippen LogP contribution in [0.15, 0.2) is 158 Å². The van der Waals surface area contributed by atoms with Crippen LogP contribution >= 0.6 is 7.82 Å². The van der Waals surface area contributed by atoms with Gasteiger partial charge in [0.1, 0.15) is 19.3 Å². The van der Waals surface area contributed by atoms with Gasteiger partial charge in [0, 0.05) is 12.8 Å². The Morgan fingerprint density at radius 3 is 1.27 bits per heavy atom. The van der Waals surface area contributed by atoms with Crippen molar-refractivity contribution in [1.29, 1.82) is 0 Å². The summed E-state index contributed by atoms with van der Waals surface area (Å²) in [7, 11) is 1.40. The second-order valence-electron chi connectivity index (χ2n) is 20.4. The molecule has 0 aromatic rings. The normalized spacial score (nSPS) is 14.8. The number of nitrogens with zero attached hydrogens (tertiary/aromatic N) is 1. The highest BCUT2D eigenvalue weighted by Gasteiger charge is 2.30. The summed E-state index contributed by atoms with van der Waals surface area (Å²) < 4.78 is 30.5. The van der Waals surface area contributed by atoms with Crippen molar-refractivity contribution in [3.05, 3.63) is 158 Å². The molecular formula is C67H110N2O7P+. The zero-order valence-corrected chi connectivity index (χ0v) is 50.3. The molecule has 0 aromatic carbocycles. The average Bonchev–Trinajstić information content (AvgIpc) is 3.39. The molecular weight excluding hydrogens is 976 g/mol. The molecule has 0 fully saturated rings. The number of allylic oxidation sites excluding steroid dienone is 25. The van der Waals surface area contributed by atoms with E-state index in [0.717, 1.165) is 109 Å². The van der Waals surface area contributed by atoms with Gasteiger partial charge in [-0.15, -0.1) is 0 Å². The smallest absolute Gasteiger partial charge is 0.456 e. The van der Waals surface area contributed by atoms with Crippen molar-refractivity contribution in [2.75, 3.05) is 40.9 Å². The van der Waals surface area contributed by atoms with E-state index in [-0.39, 0.29) is 32.0 Å². The second-order valence-corrected chi connectivity index (χ2v) is 21.9. The van der Waals surface area contributed by atoms with Gasteiger partial charge >= 0.3 is 13.8 Å². The van der Waals surface area contributed by atoms with Gasteiger partial charge in [0.15, 0.2) is 0 Å². The third-order valence-electron chi connectivity index (χ3n) is 12.0. The van der Waals surface area contributed by atoms with Crippen molar-refractivity contribution < 1.29 is 37.3 Å². The van der Waals surface area contributed by atoms with Crippen molar-refractivity contribution in [3.8, 4) is 0 Å². The van der Waals surface area contributed by atoms with E-state index >= 15 is 0 Å². The molecule has 2 N–H and O–H groups in total. The molecule has 0 aliphatic carbocycles. The summed E-state index contributed by atoms with van der Waals surface area (Å²) in [6.07, 6.45) is 81.2. The van der Waals surface area contributed by atoms with E-state index in [1.165, 1.54) is 44.9 Å². The maximum Gasteiger partial charge on any atom is 0.472 e. The number of ether oxygens (including phenoxy) is 1. The Labute approximate surface area is 471 Å². The third-order valence-corrected chi connectivity index (χ3v) is 13.0. The number of carbonyl (C=O) groups excluding carboxylic acids is 2. The lowest BCUT2D eigenvalue weighted by molar-refractivity contribution is -0.870. The van der Waals surface area contributed by atoms with E-state index < -0.39 is 25.9 Å². The Bertz CT molecular complexity index is 1870. The molecule has 77 heavy (non-hydrogen) atoms. The molecule has 0 bridgehead atoms. The van der Waals surface area contributed by atoms with Crippen LogP contribution in [-0.4, -0.2) is 74.3 Å². The van der Waals surface area contributed by atoms with Crippen molar-refractivity contribution in [1.82, 2.24) is 5.32 Å². The van der Waals surface area contributed by atoms with Crippen molar-refractivity contribution in [3.63, 3.8) is 0 Å². The highest BCUT2D eigenvalue weighted by Crippen LogP contribution is 2.43. The van der Waals surface area contributed by atoms with Gasteiger partial charge in [-0.2, -0.15) is 0 Å². The first-order valence-electron chi connectivity index (χ1n) is 29.8. The summed E-state index contributed by atoms with van der Waals surface area (Å²) >= 11 is 0. The zero-order valence-electron chi connectivity index (χ0n) is 49.4. The molecule has 434 valence electrons. The van der Waals surface area contributed by atoms with Gasteiger partial charge in [-0.05, 0) is 122 Å². The first kappa shape index (κ1) is 72.6. The number of rotatable bonds is 51. The van der Waals surface area contributed by atoms with Crippen LogP contribution in [-0.2, 0) is 27.9 Å². The largest absolute Gasteiger partial charge is 0.472 e. The van der Waals surface area contributed by atoms with E-state index in [9.17, 15) is 19.0 Å². The van der Waals surface area contributed by atoms with Crippen LogP contribution < -0.4 is 5.32 Å². The topological polar surface area (TPSA) is 111 Å². The van der Waals surface area contributed by atoms with Crippen LogP contribution in [0.4, 0.5) is 0 Å². The first-order valence-corrected chi connectivity index (χ1v) is 31.3. The number of quaternary nitrogens is 1. The molecule has 0 heterocycles. The number of unbranched alkanes of at least 4 members (excludes halogenated alkanes) is 11. The number of hydrogen-bond acceptors (Lipinski definition) is 6. The summed E-state index contributed by atoms with van der Waals surface area (Å²) in [4.78, 5) is 37.6. The maximum atomic E-state index is 13.5. The number of phosphoric acid groups is 1. The number of phosphoric ester groups is 1. The van der Waals surface area contributed by atoms with Crippen molar-refractivity contribution in [2.45, 2.75) is 213 Å². The molecule has 10 heteroatoms. The van der Waals surface area contributed by atoms with Crippen LogP contribution in [0, 0.1) is 0 Å². The molecule has 0 aliphatic heterocycles. The minimum Gasteiger partial charge on any atom is -0.456 e. The molecule has 1 amide bonds. The molecule has 9 nitrogen and oxygen atoms in total. The van der Waals surface area contributed by atoms with Crippen LogP contribution in [0.3, 0.4) is 0 Å². The first-order chi connectivity index (χ1) is 37.4. The summed E-state index contributed by atoms with van der Waals surface area (Å²) in [6.45, 7) is 6.65. The van der Waals surface area contributed by atoms with Gasteiger partial charge in [-0.3, -0.25) is 18.6 Å². The van der Waals surface area contributed by atoms with E-state index in [4.69, 9.17) is 13.8 Å². The van der Waals surface area contributed by atoms with Gasteiger partial charge in [0.2, 0.25) is 5.91 Å². The van der Waals surface area contributed by atoms with Gasteiger partial charge in [-0.1, -0.05) is 224 Å². The van der Waals surface area contributed by atoms with Crippen LogP contribution in [0.5, 0.6) is 0 Å². The maximum absolute atomic E-state index is 13.5. The molecule has 3 atom stereocenters. The molecule has 0 aliphatic rings. The standard InChI is InChI=1S/C67H109N2O7P/c1-7-10-13-16-19-22-25-27-29-31-33-34-36-38-40-42-45-48-51-54-57-60-67(71)76-65(58-55-52-49-46-43-24-21-18-15-12-9-3)64(63-75-77(72,73)74-62-61-69(4,5)6)68-66(70)59-56-53-50-47-44-41-39-37-35-32-30-28-26-23-20-17-14-11-8-2/h10-11,13-14,19-20,22-23,27-30,33-35,37-38,40-41,44-45,48,50,53,55,58,64-65H,7-9,12,15-18,21,24-26,31-32,36,39,42-43,46-47,49,51-52,54,56-57,59-63H2,1-6H3,(H-,68,70,72,73)/p+1/b13-10-,14-11-,22-19-,23-20-,29-27-,30-28-,34-33-,37-35-,40-38-,44-41-,48-45-,53-50-,58-55+. The number of amides is 1. The lowest BCUT2D eigenvalue weighted by atomic mass is 10.1. The zero-order chi connectivity index (χ0) is 56.4. The predicted molar refractivity (Wildman–Crippen MR) is 332 cm³/mol. The average molecular weight is 1090 g/mol. The molecule has 0 spiro atoms. The molecule has 0 saturated carbocycles.